The second kappa shape index (κ2) is 10.6. The molecule has 0 atom stereocenters. The molecule has 1 heterocycles. The van der Waals surface area contributed by atoms with Crippen LogP contribution in [0.5, 0.6) is 0 Å². The van der Waals surface area contributed by atoms with Crippen LogP contribution in [0.4, 0.5) is 0 Å². The van der Waals surface area contributed by atoms with Crippen LogP contribution in [-0.4, -0.2) is 18.3 Å². The van der Waals surface area contributed by atoms with E-state index in [2.05, 4.69) is 22.2 Å². The molecule has 0 aromatic carbocycles. The molecule has 0 unspecified atom stereocenters. The van der Waals surface area contributed by atoms with Crippen LogP contribution >= 0.6 is 11.6 Å². The maximum Gasteiger partial charge on any atom is 0.269 e. The molecule has 1 aromatic heterocycles. The van der Waals surface area contributed by atoms with Crippen molar-refractivity contribution in [2.24, 2.45) is 16.6 Å². The van der Waals surface area contributed by atoms with Crippen molar-refractivity contribution in [3.8, 4) is 0 Å². The number of hydrogen-bond donors (Lipinski definition) is 3. The zero-order valence-electron chi connectivity index (χ0n) is 16.3. The van der Waals surface area contributed by atoms with Gasteiger partial charge in [0.1, 0.15) is 22.3 Å². The first-order valence-electron chi connectivity index (χ1n) is 9.17. The summed E-state index contributed by atoms with van der Waals surface area (Å²) in [7, 11) is 0. The highest BCUT2D eigenvalue weighted by molar-refractivity contribution is 6.44. The normalized spacial score (nSPS) is 16.1. The molecule has 1 amide bonds. The molecule has 6 nitrogen and oxygen atoms in total. The number of rotatable bonds is 10. The summed E-state index contributed by atoms with van der Waals surface area (Å²) in [4.78, 5) is 17.0. The fourth-order valence-electron chi connectivity index (χ4n) is 2.30. The lowest BCUT2D eigenvalue weighted by molar-refractivity contribution is -0.117. The molecule has 0 spiro atoms. The number of nitrogens with one attached hydrogen (secondary N) is 2. The third-order valence-corrected chi connectivity index (χ3v) is 4.50. The number of nitrogens with zero attached hydrogens (tertiary/aromatic N) is 1. The van der Waals surface area contributed by atoms with Crippen molar-refractivity contribution in [1.82, 2.24) is 10.6 Å². The first-order valence-corrected chi connectivity index (χ1v) is 9.55. The molecular weight excluding hydrogens is 376 g/mol. The molecule has 150 valence electrons. The van der Waals surface area contributed by atoms with E-state index in [-0.39, 0.29) is 29.0 Å². The summed E-state index contributed by atoms with van der Waals surface area (Å²) in [5, 5.41) is 5.94. The fraction of sp³-hybridized carbons (Fsp3) is 0.333. The number of carbonyl (C=O) groups is 1. The van der Waals surface area contributed by atoms with Crippen molar-refractivity contribution in [1.29, 1.82) is 0 Å². The Hall–Kier alpha value is -2.73. The van der Waals surface area contributed by atoms with E-state index in [1.54, 1.807) is 18.4 Å². The molecule has 2 rings (SSSR count). The second-order valence-electron chi connectivity index (χ2n) is 6.62. The number of amidine groups is 1. The van der Waals surface area contributed by atoms with Crippen molar-refractivity contribution >= 4 is 23.3 Å². The van der Waals surface area contributed by atoms with E-state index in [1.807, 2.05) is 32.1 Å². The molecule has 0 saturated heterocycles. The number of amides is 1. The summed E-state index contributed by atoms with van der Waals surface area (Å²) in [6.07, 6.45) is 9.42. The lowest BCUT2D eigenvalue weighted by atomic mass is 10.2. The van der Waals surface area contributed by atoms with Crippen molar-refractivity contribution in [3.63, 3.8) is 0 Å². The van der Waals surface area contributed by atoms with Gasteiger partial charge in [-0.1, -0.05) is 42.0 Å². The Morgan fingerprint density at radius 1 is 1.50 bits per heavy atom. The summed E-state index contributed by atoms with van der Waals surface area (Å²) < 4.78 is 5.23. The molecule has 1 aliphatic carbocycles. The lowest BCUT2D eigenvalue weighted by Crippen LogP contribution is -2.35. The third kappa shape index (κ3) is 6.78. The van der Waals surface area contributed by atoms with Crippen LogP contribution in [0.15, 0.2) is 74.6 Å². The zero-order valence-corrected chi connectivity index (χ0v) is 17.1. The Morgan fingerprint density at radius 2 is 2.25 bits per heavy atom. The number of hydrogen-bond acceptors (Lipinski definition) is 4. The quantitative estimate of drug-likeness (QED) is 0.240. The Labute approximate surface area is 170 Å². The standard InChI is InChI=1S/C21H27ClN4O2/c1-4-5-7-14(2)12-25-21(27)19(26-15(3)16-9-10-16)18(22)20(23)24-13-17-8-6-11-28-17/h4-8,11,16,26H,3,9-10,12-13H2,1-2H3,(H2,23,24)(H,25,27)/b5-4-,14-7+,19-18?. The van der Waals surface area contributed by atoms with Crippen molar-refractivity contribution < 1.29 is 9.21 Å². The molecule has 7 heteroatoms. The Morgan fingerprint density at radius 3 is 2.86 bits per heavy atom. The number of nitrogens with two attached hydrogens (primary N) is 1. The maximum atomic E-state index is 12.7. The Kier molecular flexibility index (Phi) is 8.14. The summed E-state index contributed by atoms with van der Waals surface area (Å²) in [5.74, 6) is 0.694. The van der Waals surface area contributed by atoms with Crippen LogP contribution in [0.25, 0.3) is 0 Å². The number of furan rings is 1. The second-order valence-corrected chi connectivity index (χ2v) is 6.99. The van der Waals surface area contributed by atoms with Gasteiger partial charge in [0.25, 0.3) is 5.91 Å². The van der Waals surface area contributed by atoms with Gasteiger partial charge in [0, 0.05) is 12.2 Å². The van der Waals surface area contributed by atoms with Crippen LogP contribution in [0.3, 0.4) is 0 Å². The molecular formula is C21H27ClN4O2. The first-order chi connectivity index (χ1) is 13.4. The van der Waals surface area contributed by atoms with Crippen LogP contribution in [0, 0.1) is 5.92 Å². The first kappa shape index (κ1) is 21.6. The van der Waals surface area contributed by atoms with E-state index in [0.717, 1.165) is 24.1 Å². The van der Waals surface area contributed by atoms with E-state index < -0.39 is 0 Å². The summed E-state index contributed by atoms with van der Waals surface area (Å²) >= 11 is 6.40. The number of halogens is 1. The van der Waals surface area contributed by atoms with Gasteiger partial charge >= 0.3 is 0 Å². The fourth-order valence-corrected chi connectivity index (χ4v) is 2.49. The molecule has 1 saturated carbocycles. The molecule has 1 aromatic rings. The molecule has 1 aliphatic rings. The molecule has 0 bridgehead atoms. The minimum atomic E-state index is -0.365. The van der Waals surface area contributed by atoms with Gasteiger partial charge in [-0.25, -0.2) is 0 Å². The van der Waals surface area contributed by atoms with Gasteiger partial charge in [-0.3, -0.25) is 9.79 Å². The topological polar surface area (TPSA) is 92.7 Å². The van der Waals surface area contributed by atoms with E-state index in [4.69, 9.17) is 21.8 Å². The highest BCUT2D eigenvalue weighted by atomic mass is 35.5. The lowest BCUT2D eigenvalue weighted by Gasteiger charge is -2.15. The van der Waals surface area contributed by atoms with E-state index >= 15 is 0 Å². The number of aliphatic imine (C=N–C) groups is 1. The molecule has 4 N–H and O–H groups in total. The predicted molar refractivity (Wildman–Crippen MR) is 113 cm³/mol. The van der Waals surface area contributed by atoms with Gasteiger partial charge < -0.3 is 20.8 Å². The summed E-state index contributed by atoms with van der Waals surface area (Å²) in [6, 6.07) is 3.55. The molecule has 28 heavy (non-hydrogen) atoms. The minimum Gasteiger partial charge on any atom is -0.467 e. The largest absolute Gasteiger partial charge is 0.467 e. The van der Waals surface area contributed by atoms with Crippen LogP contribution < -0.4 is 16.4 Å². The molecule has 1 fully saturated rings. The average Bonchev–Trinajstić information content (AvgIpc) is 3.42. The van der Waals surface area contributed by atoms with Gasteiger partial charge in [-0.2, -0.15) is 0 Å². The molecule has 0 aliphatic heterocycles. The number of carbonyl (C=O) groups excluding carboxylic acids is 1. The Bertz CT molecular complexity index is 815. The van der Waals surface area contributed by atoms with Gasteiger partial charge in [0.15, 0.2) is 0 Å². The average molecular weight is 403 g/mol. The predicted octanol–water partition coefficient (Wildman–Crippen LogP) is 3.74. The SMILES string of the molecule is C=C(NC(C(=O)NC/C(C)=C/C=C\C)=C(Cl)C(N)=NCc1ccco1)C1CC1. The highest BCUT2D eigenvalue weighted by Crippen LogP contribution is 2.34. The smallest absolute Gasteiger partial charge is 0.269 e. The van der Waals surface area contributed by atoms with Crippen LogP contribution in [0.1, 0.15) is 32.4 Å². The summed E-state index contributed by atoms with van der Waals surface area (Å²) in [5.41, 5.74) is 7.92. The minimum absolute atomic E-state index is 0.0560. The van der Waals surface area contributed by atoms with Crippen LogP contribution in [0.2, 0.25) is 0 Å². The van der Waals surface area contributed by atoms with E-state index in [9.17, 15) is 4.79 Å². The summed E-state index contributed by atoms with van der Waals surface area (Å²) in [6.45, 7) is 8.49. The number of allylic oxidation sites excluding steroid dienone is 4. The monoisotopic (exact) mass is 402 g/mol. The van der Waals surface area contributed by atoms with E-state index in [0.29, 0.717) is 18.2 Å². The van der Waals surface area contributed by atoms with Crippen molar-refractivity contribution in [3.05, 3.63) is 71.0 Å². The van der Waals surface area contributed by atoms with Gasteiger partial charge in [-0.15, -0.1) is 0 Å². The maximum absolute atomic E-state index is 12.7. The van der Waals surface area contributed by atoms with E-state index in [1.165, 1.54) is 0 Å². The van der Waals surface area contributed by atoms with Gasteiger partial charge in [0.05, 0.1) is 12.8 Å². The van der Waals surface area contributed by atoms with Crippen molar-refractivity contribution in [2.75, 3.05) is 6.54 Å². The Balaban J connectivity index is 2.15. The zero-order chi connectivity index (χ0) is 20.5. The van der Waals surface area contributed by atoms with Crippen LogP contribution in [-0.2, 0) is 11.3 Å². The molecule has 0 radical (unpaired) electrons. The van der Waals surface area contributed by atoms with Gasteiger partial charge in [-0.05, 0) is 44.7 Å². The van der Waals surface area contributed by atoms with Gasteiger partial charge in [0.2, 0.25) is 0 Å². The highest BCUT2D eigenvalue weighted by Gasteiger charge is 2.27. The van der Waals surface area contributed by atoms with Crippen molar-refractivity contribution in [2.45, 2.75) is 33.2 Å². The third-order valence-electron chi connectivity index (χ3n) is 4.11.